The van der Waals surface area contributed by atoms with Crippen LogP contribution < -0.4 is 15.5 Å². The van der Waals surface area contributed by atoms with E-state index in [0.29, 0.717) is 23.9 Å². The monoisotopic (exact) mass is 339 g/mol. The summed E-state index contributed by atoms with van der Waals surface area (Å²) in [5.41, 5.74) is 1.33. The van der Waals surface area contributed by atoms with Gasteiger partial charge in [-0.3, -0.25) is 9.59 Å². The van der Waals surface area contributed by atoms with Crippen LogP contribution >= 0.6 is 0 Å². The lowest BCUT2D eigenvalue weighted by molar-refractivity contribution is -0.120. The molecule has 1 aromatic heterocycles. The molecule has 2 amide bonds. The standard InChI is InChI=1S/C18H21N5O2/c1-13(24)21-15-6-2-7-16(11-15)22-17(25)14-5-3-10-23(12-14)18-19-8-4-9-20-18/h2,4,6-9,11,14H,3,5,10,12H2,1H3,(H,21,24)(H,22,25)/t14-/m1/s1. The molecule has 0 unspecified atom stereocenters. The Kier molecular flexibility index (Phi) is 5.23. The molecule has 0 saturated carbocycles. The Labute approximate surface area is 146 Å². The van der Waals surface area contributed by atoms with E-state index in [9.17, 15) is 9.59 Å². The summed E-state index contributed by atoms with van der Waals surface area (Å²) in [4.78, 5) is 34.3. The summed E-state index contributed by atoms with van der Waals surface area (Å²) in [7, 11) is 0. The molecular weight excluding hydrogens is 318 g/mol. The summed E-state index contributed by atoms with van der Waals surface area (Å²) in [6.07, 6.45) is 5.17. The zero-order valence-electron chi connectivity index (χ0n) is 14.1. The van der Waals surface area contributed by atoms with E-state index in [1.54, 1.807) is 36.7 Å². The van der Waals surface area contributed by atoms with Gasteiger partial charge in [-0.1, -0.05) is 6.07 Å². The van der Waals surface area contributed by atoms with Crippen molar-refractivity contribution in [3.63, 3.8) is 0 Å². The minimum atomic E-state index is -0.144. The first-order valence-electron chi connectivity index (χ1n) is 8.32. The Morgan fingerprint density at radius 1 is 1.12 bits per heavy atom. The number of rotatable bonds is 4. The van der Waals surface area contributed by atoms with Crippen molar-refractivity contribution in [2.45, 2.75) is 19.8 Å². The average molecular weight is 339 g/mol. The van der Waals surface area contributed by atoms with Crippen LogP contribution in [0.2, 0.25) is 0 Å². The van der Waals surface area contributed by atoms with Gasteiger partial charge in [0.1, 0.15) is 0 Å². The molecule has 7 nitrogen and oxygen atoms in total. The molecule has 2 aromatic rings. The van der Waals surface area contributed by atoms with Crippen molar-refractivity contribution in [3.8, 4) is 0 Å². The summed E-state index contributed by atoms with van der Waals surface area (Å²) in [5.74, 6) is 0.365. The summed E-state index contributed by atoms with van der Waals surface area (Å²) >= 11 is 0. The molecule has 2 heterocycles. The van der Waals surface area contributed by atoms with Crippen LogP contribution in [0.3, 0.4) is 0 Å². The number of aromatic nitrogens is 2. The quantitative estimate of drug-likeness (QED) is 0.892. The first-order valence-corrected chi connectivity index (χ1v) is 8.32. The molecule has 1 atom stereocenters. The molecule has 7 heteroatoms. The number of amides is 2. The number of carbonyl (C=O) groups excluding carboxylic acids is 2. The van der Waals surface area contributed by atoms with E-state index in [-0.39, 0.29) is 17.7 Å². The maximum absolute atomic E-state index is 12.6. The number of anilines is 3. The van der Waals surface area contributed by atoms with Crippen LogP contribution in [0.25, 0.3) is 0 Å². The maximum Gasteiger partial charge on any atom is 0.229 e. The minimum Gasteiger partial charge on any atom is -0.340 e. The SMILES string of the molecule is CC(=O)Nc1cccc(NC(=O)[C@@H]2CCCN(c3ncccn3)C2)c1. The molecule has 1 aromatic carbocycles. The van der Waals surface area contributed by atoms with E-state index in [1.165, 1.54) is 6.92 Å². The predicted octanol–water partition coefficient (Wildman–Crippen LogP) is 2.29. The van der Waals surface area contributed by atoms with Crippen LogP contribution in [0, 0.1) is 5.92 Å². The van der Waals surface area contributed by atoms with Gasteiger partial charge in [0, 0.05) is 43.8 Å². The van der Waals surface area contributed by atoms with Crippen LogP contribution in [0.5, 0.6) is 0 Å². The number of nitrogens with zero attached hydrogens (tertiary/aromatic N) is 3. The molecule has 1 saturated heterocycles. The summed E-state index contributed by atoms with van der Waals surface area (Å²) < 4.78 is 0. The lowest BCUT2D eigenvalue weighted by atomic mass is 9.97. The van der Waals surface area contributed by atoms with Crippen LogP contribution in [-0.4, -0.2) is 34.9 Å². The van der Waals surface area contributed by atoms with Crippen LogP contribution in [0.15, 0.2) is 42.7 Å². The van der Waals surface area contributed by atoms with Gasteiger partial charge in [0.25, 0.3) is 0 Å². The fraction of sp³-hybridized carbons (Fsp3) is 0.333. The highest BCUT2D eigenvalue weighted by molar-refractivity contribution is 5.94. The molecule has 0 radical (unpaired) electrons. The molecule has 2 N–H and O–H groups in total. The molecule has 1 fully saturated rings. The summed E-state index contributed by atoms with van der Waals surface area (Å²) in [6.45, 7) is 2.90. The van der Waals surface area contributed by atoms with E-state index in [4.69, 9.17) is 0 Å². The number of piperidine rings is 1. The van der Waals surface area contributed by atoms with E-state index >= 15 is 0 Å². The third kappa shape index (κ3) is 4.53. The number of hydrogen-bond donors (Lipinski definition) is 2. The number of nitrogens with one attached hydrogen (secondary N) is 2. The lowest BCUT2D eigenvalue weighted by Gasteiger charge is -2.31. The third-order valence-electron chi connectivity index (χ3n) is 4.08. The van der Waals surface area contributed by atoms with Gasteiger partial charge >= 0.3 is 0 Å². The van der Waals surface area contributed by atoms with Gasteiger partial charge in [-0.05, 0) is 37.1 Å². The zero-order valence-corrected chi connectivity index (χ0v) is 14.1. The summed E-state index contributed by atoms with van der Waals surface area (Å²) in [5, 5.41) is 5.65. The zero-order chi connectivity index (χ0) is 17.6. The Hall–Kier alpha value is -2.96. The second kappa shape index (κ2) is 7.74. The van der Waals surface area contributed by atoms with Gasteiger partial charge in [0.2, 0.25) is 17.8 Å². The third-order valence-corrected chi connectivity index (χ3v) is 4.08. The molecule has 3 rings (SSSR count). The first-order chi connectivity index (χ1) is 12.1. The predicted molar refractivity (Wildman–Crippen MR) is 96.3 cm³/mol. The van der Waals surface area contributed by atoms with Crippen LogP contribution in [0.1, 0.15) is 19.8 Å². The molecule has 0 bridgehead atoms. The maximum atomic E-state index is 12.6. The van der Waals surface area contributed by atoms with Gasteiger partial charge in [-0.15, -0.1) is 0 Å². The largest absolute Gasteiger partial charge is 0.340 e. The molecule has 0 spiro atoms. The molecule has 1 aliphatic rings. The van der Waals surface area contributed by atoms with Crippen molar-refractivity contribution in [2.24, 2.45) is 5.92 Å². The second-order valence-corrected chi connectivity index (χ2v) is 6.09. The molecular formula is C18H21N5O2. The number of carbonyl (C=O) groups is 2. The molecule has 130 valence electrons. The fourth-order valence-electron chi connectivity index (χ4n) is 2.95. The molecule has 0 aliphatic carbocycles. The fourth-order valence-corrected chi connectivity index (χ4v) is 2.95. The van der Waals surface area contributed by atoms with Crippen molar-refractivity contribution >= 4 is 29.1 Å². The van der Waals surface area contributed by atoms with E-state index < -0.39 is 0 Å². The van der Waals surface area contributed by atoms with Crippen LogP contribution in [-0.2, 0) is 9.59 Å². The number of benzene rings is 1. The number of hydrogen-bond acceptors (Lipinski definition) is 5. The van der Waals surface area contributed by atoms with Crippen molar-refractivity contribution in [3.05, 3.63) is 42.7 Å². The van der Waals surface area contributed by atoms with Gasteiger partial charge in [-0.25, -0.2) is 9.97 Å². The highest BCUT2D eigenvalue weighted by atomic mass is 16.2. The van der Waals surface area contributed by atoms with E-state index in [1.807, 2.05) is 11.0 Å². The van der Waals surface area contributed by atoms with Crippen molar-refractivity contribution in [1.29, 1.82) is 0 Å². The smallest absolute Gasteiger partial charge is 0.229 e. The van der Waals surface area contributed by atoms with E-state index in [0.717, 1.165) is 19.4 Å². The van der Waals surface area contributed by atoms with Crippen molar-refractivity contribution in [2.75, 3.05) is 28.6 Å². The average Bonchev–Trinajstić information content (AvgIpc) is 2.62. The van der Waals surface area contributed by atoms with Crippen LogP contribution in [0.4, 0.5) is 17.3 Å². The Morgan fingerprint density at radius 3 is 2.56 bits per heavy atom. The van der Waals surface area contributed by atoms with E-state index in [2.05, 4.69) is 20.6 Å². The Balaban J connectivity index is 1.64. The van der Waals surface area contributed by atoms with Crippen molar-refractivity contribution in [1.82, 2.24) is 9.97 Å². The minimum absolute atomic E-state index is 0.0272. The first kappa shape index (κ1) is 16.9. The highest BCUT2D eigenvalue weighted by Gasteiger charge is 2.27. The topological polar surface area (TPSA) is 87.2 Å². The summed E-state index contributed by atoms with van der Waals surface area (Å²) in [6, 6.07) is 8.92. The van der Waals surface area contributed by atoms with Crippen molar-refractivity contribution < 1.29 is 9.59 Å². The van der Waals surface area contributed by atoms with Gasteiger partial charge in [-0.2, -0.15) is 0 Å². The van der Waals surface area contributed by atoms with Gasteiger partial charge in [0.05, 0.1) is 5.92 Å². The van der Waals surface area contributed by atoms with Gasteiger partial charge < -0.3 is 15.5 Å². The molecule has 1 aliphatic heterocycles. The Morgan fingerprint density at radius 2 is 1.84 bits per heavy atom. The highest BCUT2D eigenvalue weighted by Crippen LogP contribution is 2.22. The second-order valence-electron chi connectivity index (χ2n) is 6.09. The lowest BCUT2D eigenvalue weighted by Crippen LogP contribution is -2.41. The Bertz CT molecular complexity index is 750. The van der Waals surface area contributed by atoms with Gasteiger partial charge in [0.15, 0.2) is 0 Å². The normalized spacial score (nSPS) is 17.0. The molecule has 25 heavy (non-hydrogen) atoms.